The van der Waals surface area contributed by atoms with Gasteiger partial charge in [0.2, 0.25) is 11.8 Å². The Morgan fingerprint density at radius 1 is 1.00 bits per heavy atom. The highest BCUT2D eigenvalue weighted by Crippen LogP contribution is 2.58. The molecule has 2 atom stereocenters. The van der Waals surface area contributed by atoms with Crippen LogP contribution in [-0.4, -0.2) is 47.6 Å². The molecule has 2 unspecified atom stereocenters. The molecular weight excluding hydrogens is 647 g/mol. The van der Waals surface area contributed by atoms with Gasteiger partial charge in [-0.2, -0.15) is 0 Å². The molecule has 3 amide bonds. The molecule has 244 valence electrons. The largest absolute Gasteiger partial charge is 0.456 e. The Labute approximate surface area is 281 Å². The van der Waals surface area contributed by atoms with Crippen molar-refractivity contribution in [3.8, 4) is 17.2 Å². The number of carbonyl (C=O) groups is 5. The summed E-state index contributed by atoms with van der Waals surface area (Å²) in [6.45, 7) is 5.70. The van der Waals surface area contributed by atoms with Gasteiger partial charge in [0, 0.05) is 65.7 Å². The number of ether oxygens (including phenoxy) is 3. The number of nitrogens with one attached hydrogen (secondary N) is 1. The normalized spacial score (nSPS) is 19.2. The number of imide groups is 1. The van der Waals surface area contributed by atoms with Gasteiger partial charge in [-0.25, -0.2) is 4.79 Å². The van der Waals surface area contributed by atoms with Gasteiger partial charge in [0.25, 0.3) is 5.91 Å². The van der Waals surface area contributed by atoms with Crippen molar-refractivity contribution in [1.29, 1.82) is 0 Å². The van der Waals surface area contributed by atoms with Crippen molar-refractivity contribution in [3.05, 3.63) is 85.9 Å². The highest BCUT2D eigenvalue weighted by atomic mass is 35.5. The lowest BCUT2D eigenvalue weighted by atomic mass is 9.77. The van der Waals surface area contributed by atoms with E-state index in [4.69, 9.17) is 37.4 Å². The fourth-order valence-corrected chi connectivity index (χ4v) is 6.84. The molecule has 3 aromatic carbocycles. The third-order valence-electron chi connectivity index (χ3n) is 8.72. The molecule has 1 N–H and O–H groups in total. The lowest BCUT2D eigenvalue weighted by Crippen LogP contribution is -2.33. The minimum atomic E-state index is -1.51. The molecule has 0 bridgehead atoms. The first kappa shape index (κ1) is 32.5. The summed E-state index contributed by atoms with van der Waals surface area (Å²) in [6.07, 6.45) is 2.94. The summed E-state index contributed by atoms with van der Waals surface area (Å²) in [5.41, 5.74) is 0.976. The molecule has 0 aliphatic carbocycles. The molecule has 3 aromatic rings. The van der Waals surface area contributed by atoms with E-state index in [1.165, 1.54) is 30.0 Å². The number of hydrogen-bond acceptors (Lipinski definition) is 8. The number of aryl methyl sites for hydroxylation is 1. The van der Waals surface area contributed by atoms with E-state index in [1.807, 2.05) is 13.8 Å². The Morgan fingerprint density at radius 2 is 1.72 bits per heavy atom. The fourth-order valence-electron chi connectivity index (χ4n) is 6.48. The number of likely N-dealkylation sites (tertiary alicyclic amines) is 1. The van der Waals surface area contributed by atoms with Crippen molar-refractivity contribution in [2.24, 2.45) is 5.92 Å². The third kappa shape index (κ3) is 5.74. The van der Waals surface area contributed by atoms with E-state index in [0.29, 0.717) is 59.8 Å². The molecule has 1 fully saturated rings. The Hall–Kier alpha value is -4.41. The van der Waals surface area contributed by atoms with Crippen molar-refractivity contribution < 1.29 is 38.2 Å². The van der Waals surface area contributed by atoms with Gasteiger partial charge in [-0.1, -0.05) is 42.6 Å². The van der Waals surface area contributed by atoms with E-state index in [0.717, 1.165) is 12.0 Å². The zero-order valence-corrected chi connectivity index (χ0v) is 27.5. The number of esters is 2. The predicted octanol–water partition coefficient (Wildman–Crippen LogP) is 6.48. The third-order valence-corrected chi connectivity index (χ3v) is 9.42. The van der Waals surface area contributed by atoms with Crippen molar-refractivity contribution in [3.63, 3.8) is 0 Å². The second kappa shape index (κ2) is 12.7. The average Bonchev–Trinajstić information content (AvgIpc) is 3.46. The Morgan fingerprint density at radius 3 is 2.45 bits per heavy atom. The van der Waals surface area contributed by atoms with Crippen LogP contribution in [0.3, 0.4) is 0 Å². The number of halogens is 2. The fraction of sp³-hybridized carbons (Fsp3) is 0.343. The molecule has 0 radical (unpaired) electrons. The van der Waals surface area contributed by atoms with Crippen molar-refractivity contribution in [2.75, 3.05) is 13.1 Å². The van der Waals surface area contributed by atoms with Gasteiger partial charge >= 0.3 is 11.9 Å². The summed E-state index contributed by atoms with van der Waals surface area (Å²) in [6, 6.07) is 11.2. The molecule has 47 heavy (non-hydrogen) atoms. The monoisotopic (exact) mass is 678 g/mol. The van der Waals surface area contributed by atoms with Crippen molar-refractivity contribution in [2.45, 2.75) is 58.5 Å². The molecule has 3 aliphatic heterocycles. The smallest absolute Gasteiger partial charge is 0.340 e. The van der Waals surface area contributed by atoms with Crippen molar-refractivity contribution in [1.82, 2.24) is 10.2 Å². The van der Waals surface area contributed by atoms with Gasteiger partial charge in [0.15, 0.2) is 11.4 Å². The summed E-state index contributed by atoms with van der Waals surface area (Å²) < 4.78 is 17.7. The van der Waals surface area contributed by atoms with Crippen LogP contribution in [0.2, 0.25) is 10.0 Å². The first-order valence-electron chi connectivity index (χ1n) is 15.5. The minimum absolute atomic E-state index is 0.0816. The number of nitrogens with zero attached hydrogens (tertiary/aromatic N) is 1. The van der Waals surface area contributed by atoms with Gasteiger partial charge in [0.1, 0.15) is 11.5 Å². The van der Waals surface area contributed by atoms with Crippen LogP contribution in [0.1, 0.15) is 88.9 Å². The summed E-state index contributed by atoms with van der Waals surface area (Å²) in [7, 11) is 0. The second-order valence-electron chi connectivity index (χ2n) is 11.9. The van der Waals surface area contributed by atoms with Crippen LogP contribution in [0.4, 0.5) is 0 Å². The zero-order valence-electron chi connectivity index (χ0n) is 26.0. The number of benzene rings is 3. The molecule has 0 saturated carbocycles. The molecule has 3 aliphatic rings. The number of fused-ring (bicyclic) bond motifs is 6. The van der Waals surface area contributed by atoms with Gasteiger partial charge in [-0.15, -0.1) is 0 Å². The van der Waals surface area contributed by atoms with E-state index >= 15 is 0 Å². The first-order valence-corrected chi connectivity index (χ1v) is 16.2. The maximum atomic E-state index is 13.5. The molecule has 6 rings (SSSR count). The van der Waals surface area contributed by atoms with Gasteiger partial charge in [-0.3, -0.25) is 24.1 Å². The van der Waals surface area contributed by atoms with E-state index in [1.54, 1.807) is 24.3 Å². The van der Waals surface area contributed by atoms with Crippen molar-refractivity contribution >= 4 is 52.9 Å². The number of unbranched alkanes of at least 4 members (excludes halogenated alkanes) is 1. The number of hydrogen-bond donors (Lipinski definition) is 1. The summed E-state index contributed by atoms with van der Waals surface area (Å²) in [5, 5.41) is 3.38. The molecule has 1 saturated heterocycles. The predicted molar refractivity (Wildman–Crippen MR) is 172 cm³/mol. The average molecular weight is 680 g/mol. The maximum Gasteiger partial charge on any atom is 0.340 e. The van der Waals surface area contributed by atoms with Crippen LogP contribution in [0, 0.1) is 12.8 Å². The molecule has 10 nitrogen and oxygen atoms in total. The van der Waals surface area contributed by atoms with Gasteiger partial charge in [-0.05, 0) is 62.1 Å². The van der Waals surface area contributed by atoms with E-state index < -0.39 is 23.4 Å². The van der Waals surface area contributed by atoms with Crippen LogP contribution in [0.15, 0.2) is 42.5 Å². The molecule has 0 aromatic heterocycles. The first-order chi connectivity index (χ1) is 22.4. The van der Waals surface area contributed by atoms with Crippen LogP contribution in [0.5, 0.6) is 17.2 Å². The summed E-state index contributed by atoms with van der Waals surface area (Å²) in [5.74, 6) is -1.36. The highest BCUT2D eigenvalue weighted by molar-refractivity contribution is 6.32. The van der Waals surface area contributed by atoms with Crippen LogP contribution >= 0.6 is 23.2 Å². The standard InChI is InChI=1S/C35H32Cl2N2O8/c1-4-7-21-14-31(41)39(33(21)43)11-6-5-10-38-32(42)20-8-9-23-22(13-20)34(44)47-35(23)24-15-26(36)18(2)12-28(24)46-29-17-30(45-19(3)40)27(37)16-25(29)35/h8-9,12-13,15-17,21H,4-7,10-11,14H2,1-3H3,(H,38,42). The zero-order chi connectivity index (χ0) is 33.6. The van der Waals surface area contributed by atoms with E-state index in [-0.39, 0.29) is 51.8 Å². The minimum Gasteiger partial charge on any atom is -0.456 e. The SMILES string of the molecule is CCCC1CC(=O)N(CCCCNC(=O)c2ccc3c(c2)C(=O)OC32c3cc(Cl)c(C)cc3Oc3cc(OC(C)=O)c(Cl)cc32)C1=O. The van der Waals surface area contributed by atoms with E-state index in [2.05, 4.69) is 5.32 Å². The Balaban J connectivity index is 1.24. The molecule has 12 heteroatoms. The summed E-state index contributed by atoms with van der Waals surface area (Å²) in [4.78, 5) is 64.4. The number of carbonyl (C=O) groups excluding carboxylic acids is 5. The number of rotatable bonds is 9. The van der Waals surface area contributed by atoms with Gasteiger partial charge < -0.3 is 19.5 Å². The lowest BCUT2D eigenvalue weighted by molar-refractivity contribution is -0.139. The topological polar surface area (TPSA) is 128 Å². The molecular formula is C35H32Cl2N2O8. The lowest BCUT2D eigenvalue weighted by Gasteiger charge is -2.37. The quantitative estimate of drug-likeness (QED) is 0.118. The molecule has 1 spiro atoms. The molecule has 3 heterocycles. The number of amides is 3. The van der Waals surface area contributed by atoms with E-state index in [9.17, 15) is 24.0 Å². The maximum absolute atomic E-state index is 13.5. The highest BCUT2D eigenvalue weighted by Gasteiger charge is 2.54. The van der Waals surface area contributed by atoms with Gasteiger partial charge in [0.05, 0.1) is 10.6 Å². The van der Waals surface area contributed by atoms with Crippen LogP contribution in [0.25, 0.3) is 0 Å². The summed E-state index contributed by atoms with van der Waals surface area (Å²) >= 11 is 13.1. The van der Waals surface area contributed by atoms with Crippen LogP contribution in [-0.2, 0) is 24.7 Å². The Bertz CT molecular complexity index is 1860. The second-order valence-corrected chi connectivity index (χ2v) is 12.8. The Kier molecular flexibility index (Phi) is 8.76. The van der Waals surface area contributed by atoms with Crippen LogP contribution < -0.4 is 14.8 Å².